The van der Waals surface area contributed by atoms with Crippen molar-refractivity contribution in [3.05, 3.63) is 95.1 Å². The smallest absolute Gasteiger partial charge is 0.150 e. The van der Waals surface area contributed by atoms with Crippen molar-refractivity contribution in [3.8, 4) is 17.2 Å². The zero-order valence-electron chi connectivity index (χ0n) is 20.7. The first-order valence-corrected chi connectivity index (χ1v) is 12.4. The van der Waals surface area contributed by atoms with Crippen LogP contribution in [-0.2, 0) is 0 Å². The van der Waals surface area contributed by atoms with E-state index in [1.54, 1.807) is 19.2 Å². The lowest BCUT2D eigenvalue weighted by molar-refractivity contribution is 0.259. The standard InChI is InChI=1S/C31H33NO3/c1-21-15-17-32(20-21)16-5-6-23-9-11-24(12-10-23)31-30(25-7-4-8-27(18-25)34-3)22(2)28-14-13-26(33)19-29(28)35-31/h4-14,18-19,21,31,33H,15-17,20H2,1-3H3/t21-,31?/m1/s1. The van der Waals surface area contributed by atoms with Crippen molar-refractivity contribution in [2.45, 2.75) is 26.4 Å². The van der Waals surface area contributed by atoms with E-state index in [1.165, 1.54) is 25.1 Å². The summed E-state index contributed by atoms with van der Waals surface area (Å²) >= 11 is 0. The van der Waals surface area contributed by atoms with Crippen LogP contribution in [0.5, 0.6) is 17.2 Å². The van der Waals surface area contributed by atoms with Gasteiger partial charge in [0.05, 0.1) is 7.11 Å². The normalized spacial score (nSPS) is 20.2. The molecular formula is C31H33NO3. The van der Waals surface area contributed by atoms with Gasteiger partial charge in [-0.05, 0) is 72.3 Å². The lowest BCUT2D eigenvalue weighted by atomic mass is 9.86. The van der Waals surface area contributed by atoms with E-state index in [1.807, 2.05) is 18.2 Å². The molecule has 1 N–H and O–H groups in total. The van der Waals surface area contributed by atoms with Gasteiger partial charge in [-0.25, -0.2) is 0 Å². The second kappa shape index (κ2) is 10.0. The van der Waals surface area contributed by atoms with Gasteiger partial charge in [-0.1, -0.05) is 55.5 Å². The summed E-state index contributed by atoms with van der Waals surface area (Å²) in [4.78, 5) is 2.51. The number of rotatable bonds is 6. The van der Waals surface area contributed by atoms with Crippen LogP contribution in [0.15, 0.2) is 72.8 Å². The molecular weight excluding hydrogens is 434 g/mol. The monoisotopic (exact) mass is 467 g/mol. The molecule has 4 nitrogen and oxygen atoms in total. The topological polar surface area (TPSA) is 41.9 Å². The van der Waals surface area contributed by atoms with Gasteiger partial charge in [-0.3, -0.25) is 4.90 Å². The fourth-order valence-electron chi connectivity index (χ4n) is 5.15. The first-order valence-electron chi connectivity index (χ1n) is 12.4. The minimum Gasteiger partial charge on any atom is -0.508 e. The summed E-state index contributed by atoms with van der Waals surface area (Å²) in [6.45, 7) is 7.83. The lowest BCUT2D eigenvalue weighted by Gasteiger charge is -2.31. The van der Waals surface area contributed by atoms with Crippen LogP contribution in [0.4, 0.5) is 0 Å². The number of ether oxygens (including phenoxy) is 2. The van der Waals surface area contributed by atoms with Crippen LogP contribution in [0, 0.1) is 5.92 Å². The van der Waals surface area contributed by atoms with E-state index in [0.29, 0.717) is 5.75 Å². The Morgan fingerprint density at radius 3 is 2.66 bits per heavy atom. The summed E-state index contributed by atoms with van der Waals surface area (Å²) < 4.78 is 12.0. The van der Waals surface area contributed by atoms with E-state index < -0.39 is 0 Å². The molecule has 2 aliphatic heterocycles. The molecule has 2 atom stereocenters. The first kappa shape index (κ1) is 23.3. The molecule has 1 fully saturated rings. The third-order valence-corrected chi connectivity index (χ3v) is 7.08. The van der Waals surface area contributed by atoms with Gasteiger partial charge in [0.15, 0.2) is 0 Å². The van der Waals surface area contributed by atoms with Crippen LogP contribution in [0.25, 0.3) is 17.2 Å². The van der Waals surface area contributed by atoms with Gasteiger partial charge < -0.3 is 14.6 Å². The second-order valence-electron chi connectivity index (χ2n) is 9.67. The molecule has 3 aromatic carbocycles. The highest BCUT2D eigenvalue weighted by Gasteiger charge is 2.29. The van der Waals surface area contributed by atoms with Gasteiger partial charge in [0.2, 0.25) is 0 Å². The molecule has 0 saturated carbocycles. The first-order chi connectivity index (χ1) is 17.0. The van der Waals surface area contributed by atoms with Gasteiger partial charge in [0.25, 0.3) is 0 Å². The minimum absolute atomic E-state index is 0.202. The van der Waals surface area contributed by atoms with Crippen molar-refractivity contribution in [1.29, 1.82) is 0 Å². The molecule has 180 valence electrons. The van der Waals surface area contributed by atoms with Crippen molar-refractivity contribution >= 4 is 17.2 Å². The van der Waals surface area contributed by atoms with Crippen molar-refractivity contribution in [1.82, 2.24) is 4.90 Å². The van der Waals surface area contributed by atoms with Crippen molar-refractivity contribution in [3.63, 3.8) is 0 Å². The van der Waals surface area contributed by atoms with E-state index in [-0.39, 0.29) is 11.9 Å². The van der Waals surface area contributed by atoms with Gasteiger partial charge in [-0.15, -0.1) is 0 Å². The number of methoxy groups -OCH3 is 1. The highest BCUT2D eigenvalue weighted by Crippen LogP contribution is 2.47. The van der Waals surface area contributed by atoms with E-state index >= 15 is 0 Å². The highest BCUT2D eigenvalue weighted by molar-refractivity contribution is 5.95. The Morgan fingerprint density at radius 1 is 1.09 bits per heavy atom. The molecule has 0 amide bonds. The summed E-state index contributed by atoms with van der Waals surface area (Å²) in [6, 6.07) is 22.0. The van der Waals surface area contributed by atoms with Crippen LogP contribution < -0.4 is 9.47 Å². The van der Waals surface area contributed by atoms with Crippen molar-refractivity contribution in [2.75, 3.05) is 26.7 Å². The number of nitrogens with zero attached hydrogens (tertiary/aromatic N) is 1. The van der Waals surface area contributed by atoms with Crippen molar-refractivity contribution in [2.24, 2.45) is 5.92 Å². The molecule has 0 spiro atoms. The number of aromatic hydroxyl groups is 1. The second-order valence-corrected chi connectivity index (χ2v) is 9.67. The van der Waals surface area contributed by atoms with Crippen LogP contribution in [0.2, 0.25) is 0 Å². The summed E-state index contributed by atoms with van der Waals surface area (Å²) in [5.41, 5.74) is 6.55. The predicted octanol–water partition coefficient (Wildman–Crippen LogP) is 6.82. The number of fused-ring (bicyclic) bond motifs is 1. The number of likely N-dealkylation sites (tertiary alicyclic amines) is 1. The average Bonchev–Trinajstić information content (AvgIpc) is 3.29. The number of hydrogen-bond acceptors (Lipinski definition) is 4. The van der Waals surface area contributed by atoms with Crippen LogP contribution in [0.3, 0.4) is 0 Å². The number of phenols is 1. The molecule has 2 aliphatic rings. The molecule has 1 unspecified atom stereocenters. The van der Waals surface area contributed by atoms with Gasteiger partial charge in [0.1, 0.15) is 23.4 Å². The summed E-state index contributed by atoms with van der Waals surface area (Å²) in [6.07, 6.45) is 5.47. The Bertz CT molecular complexity index is 1260. The number of hydrogen-bond donors (Lipinski definition) is 1. The summed E-state index contributed by atoms with van der Waals surface area (Å²) in [7, 11) is 1.68. The zero-order chi connectivity index (χ0) is 24.4. The third-order valence-electron chi connectivity index (χ3n) is 7.08. The zero-order valence-corrected chi connectivity index (χ0v) is 20.7. The maximum absolute atomic E-state index is 10.1. The summed E-state index contributed by atoms with van der Waals surface area (Å²) in [5.74, 6) is 2.52. The van der Waals surface area contributed by atoms with E-state index in [9.17, 15) is 5.11 Å². The highest BCUT2D eigenvalue weighted by atomic mass is 16.5. The van der Waals surface area contributed by atoms with Crippen LogP contribution >= 0.6 is 0 Å². The minimum atomic E-state index is -0.291. The molecule has 0 radical (unpaired) electrons. The molecule has 5 rings (SSSR count). The van der Waals surface area contributed by atoms with Gasteiger partial charge >= 0.3 is 0 Å². The quantitative estimate of drug-likeness (QED) is 0.432. The SMILES string of the molecule is COc1cccc(C2=C(C)c3ccc(O)cc3OC2c2ccc(C=CCN3CC[C@@H](C)C3)cc2)c1. The van der Waals surface area contributed by atoms with Gasteiger partial charge in [0, 0.05) is 30.3 Å². The fourth-order valence-corrected chi connectivity index (χ4v) is 5.15. The van der Waals surface area contributed by atoms with E-state index in [0.717, 1.165) is 46.0 Å². The molecule has 0 aliphatic carbocycles. The Balaban J connectivity index is 1.45. The Morgan fingerprint density at radius 2 is 1.91 bits per heavy atom. The van der Waals surface area contributed by atoms with Crippen LogP contribution in [-0.4, -0.2) is 36.8 Å². The van der Waals surface area contributed by atoms with E-state index in [4.69, 9.17) is 9.47 Å². The third kappa shape index (κ3) is 4.98. The number of allylic oxidation sites excluding steroid dienone is 1. The molecule has 4 heteroatoms. The largest absolute Gasteiger partial charge is 0.508 e. The summed E-state index contributed by atoms with van der Waals surface area (Å²) in [5, 5.41) is 10.1. The fraction of sp³-hybridized carbons (Fsp3) is 0.290. The Kier molecular flexibility index (Phi) is 6.65. The maximum Gasteiger partial charge on any atom is 0.150 e. The lowest BCUT2D eigenvalue weighted by Crippen LogP contribution is -2.19. The van der Waals surface area contributed by atoms with Gasteiger partial charge in [-0.2, -0.15) is 0 Å². The molecule has 0 bridgehead atoms. The predicted molar refractivity (Wildman–Crippen MR) is 143 cm³/mol. The Hall–Kier alpha value is -3.50. The van der Waals surface area contributed by atoms with E-state index in [2.05, 4.69) is 67.3 Å². The average molecular weight is 468 g/mol. The molecule has 3 aromatic rings. The molecule has 35 heavy (non-hydrogen) atoms. The molecule has 1 saturated heterocycles. The number of benzene rings is 3. The number of phenolic OH excluding ortho intramolecular Hbond substituents is 1. The Labute approximate surface area is 208 Å². The van der Waals surface area contributed by atoms with Crippen LogP contribution in [0.1, 0.15) is 48.6 Å². The molecule has 2 heterocycles. The molecule has 0 aromatic heterocycles. The maximum atomic E-state index is 10.1. The van der Waals surface area contributed by atoms with Crippen molar-refractivity contribution < 1.29 is 14.6 Å².